The van der Waals surface area contributed by atoms with Gasteiger partial charge in [0.1, 0.15) is 5.82 Å². The lowest BCUT2D eigenvalue weighted by molar-refractivity contribution is -0.125. The molecule has 1 aromatic heterocycles. The van der Waals surface area contributed by atoms with E-state index in [4.69, 9.17) is 16.6 Å². The maximum atomic E-state index is 12.6. The predicted molar refractivity (Wildman–Crippen MR) is 129 cm³/mol. The van der Waals surface area contributed by atoms with Crippen LogP contribution >= 0.6 is 11.6 Å². The van der Waals surface area contributed by atoms with Crippen LogP contribution in [0.15, 0.2) is 48.5 Å². The molecule has 32 heavy (non-hydrogen) atoms. The fourth-order valence-corrected chi connectivity index (χ4v) is 4.36. The van der Waals surface area contributed by atoms with Crippen LogP contribution in [0.2, 0.25) is 5.02 Å². The molecule has 4 rings (SSSR count). The highest BCUT2D eigenvalue weighted by Gasteiger charge is 2.26. The Kier molecular flexibility index (Phi) is 6.61. The van der Waals surface area contributed by atoms with Crippen molar-refractivity contribution in [3.8, 4) is 0 Å². The molecule has 0 aliphatic carbocycles. The second kappa shape index (κ2) is 9.57. The lowest BCUT2D eigenvalue weighted by atomic mass is 9.95. The number of amides is 2. The van der Waals surface area contributed by atoms with Crippen LogP contribution in [0.4, 0.5) is 11.5 Å². The van der Waals surface area contributed by atoms with E-state index in [1.54, 1.807) is 0 Å². The van der Waals surface area contributed by atoms with Gasteiger partial charge in [-0.1, -0.05) is 29.8 Å². The molecule has 0 saturated carbocycles. The van der Waals surface area contributed by atoms with Crippen molar-refractivity contribution in [2.45, 2.75) is 33.2 Å². The molecule has 0 spiro atoms. The van der Waals surface area contributed by atoms with Gasteiger partial charge in [0, 0.05) is 48.6 Å². The molecule has 3 aromatic rings. The molecule has 1 aliphatic rings. The van der Waals surface area contributed by atoms with E-state index in [1.807, 2.05) is 42.5 Å². The van der Waals surface area contributed by atoms with E-state index in [-0.39, 0.29) is 17.7 Å². The van der Waals surface area contributed by atoms with Gasteiger partial charge in [-0.2, -0.15) is 0 Å². The second-order valence-electron chi connectivity index (χ2n) is 8.28. The summed E-state index contributed by atoms with van der Waals surface area (Å²) in [5.74, 6) is 0.913. The molecule has 2 amide bonds. The van der Waals surface area contributed by atoms with Crippen molar-refractivity contribution in [1.29, 1.82) is 0 Å². The number of hydrogen-bond donors (Lipinski definition) is 2. The van der Waals surface area contributed by atoms with Crippen molar-refractivity contribution in [2.75, 3.05) is 23.3 Å². The zero-order valence-corrected chi connectivity index (χ0v) is 19.1. The van der Waals surface area contributed by atoms with Crippen LogP contribution in [-0.4, -0.2) is 29.9 Å². The Labute approximate surface area is 193 Å². The highest BCUT2D eigenvalue weighted by Crippen LogP contribution is 2.28. The molecule has 0 bridgehead atoms. The van der Waals surface area contributed by atoms with E-state index < -0.39 is 0 Å². The molecule has 1 saturated heterocycles. The fraction of sp³-hybridized carbons (Fsp3) is 0.320. The number of piperidine rings is 1. The summed E-state index contributed by atoms with van der Waals surface area (Å²) in [6.07, 6.45) is 1.57. The molecular formula is C25H27ClN4O2. The molecule has 0 atom stereocenters. The Bertz CT molecular complexity index is 1160. The summed E-state index contributed by atoms with van der Waals surface area (Å²) >= 11 is 6.18. The SMILES string of the molecule is CC(=O)Nc1ccc2nc(N3CCC(C(=O)NCc4ccccc4Cl)CC3)cc(C)c2c1. The first-order chi connectivity index (χ1) is 15.4. The molecule has 0 radical (unpaired) electrons. The Morgan fingerprint density at radius 1 is 1.12 bits per heavy atom. The third-order valence-corrected chi connectivity index (χ3v) is 6.29. The number of carbonyl (C=O) groups is 2. The number of fused-ring (bicyclic) bond motifs is 1. The molecule has 1 aliphatic heterocycles. The number of benzene rings is 2. The van der Waals surface area contributed by atoms with Crippen LogP contribution in [0, 0.1) is 12.8 Å². The molecule has 166 valence electrons. The van der Waals surface area contributed by atoms with E-state index in [2.05, 4.69) is 28.5 Å². The van der Waals surface area contributed by atoms with Crippen molar-refractivity contribution in [3.05, 3.63) is 64.7 Å². The zero-order chi connectivity index (χ0) is 22.7. The lowest BCUT2D eigenvalue weighted by Crippen LogP contribution is -2.40. The third kappa shape index (κ3) is 5.02. The molecule has 1 fully saturated rings. The minimum Gasteiger partial charge on any atom is -0.357 e. The number of hydrogen-bond acceptors (Lipinski definition) is 4. The Morgan fingerprint density at radius 2 is 1.88 bits per heavy atom. The van der Waals surface area contributed by atoms with Crippen LogP contribution in [-0.2, 0) is 16.1 Å². The predicted octanol–water partition coefficient (Wildman–Crippen LogP) is 4.69. The monoisotopic (exact) mass is 450 g/mol. The molecule has 2 N–H and O–H groups in total. The molecule has 7 heteroatoms. The van der Waals surface area contributed by atoms with Crippen molar-refractivity contribution in [3.63, 3.8) is 0 Å². The van der Waals surface area contributed by atoms with Gasteiger partial charge in [0.05, 0.1) is 5.52 Å². The minimum atomic E-state index is -0.0923. The summed E-state index contributed by atoms with van der Waals surface area (Å²) in [7, 11) is 0. The van der Waals surface area contributed by atoms with Crippen LogP contribution < -0.4 is 15.5 Å². The summed E-state index contributed by atoms with van der Waals surface area (Å²) in [6.45, 7) is 5.57. The van der Waals surface area contributed by atoms with E-state index in [0.29, 0.717) is 11.6 Å². The van der Waals surface area contributed by atoms with Crippen molar-refractivity contribution < 1.29 is 9.59 Å². The number of rotatable bonds is 5. The average molecular weight is 451 g/mol. The third-order valence-electron chi connectivity index (χ3n) is 5.92. The maximum Gasteiger partial charge on any atom is 0.223 e. The normalized spacial score (nSPS) is 14.4. The number of aryl methyl sites for hydroxylation is 1. The summed E-state index contributed by atoms with van der Waals surface area (Å²) in [5, 5.41) is 7.54. The Balaban J connectivity index is 1.38. The van der Waals surface area contributed by atoms with Gasteiger partial charge in [0.2, 0.25) is 11.8 Å². The zero-order valence-electron chi connectivity index (χ0n) is 18.3. The Hall–Kier alpha value is -3.12. The van der Waals surface area contributed by atoms with Crippen molar-refractivity contribution in [1.82, 2.24) is 10.3 Å². The number of carbonyl (C=O) groups excluding carboxylic acids is 2. The van der Waals surface area contributed by atoms with Gasteiger partial charge in [-0.3, -0.25) is 9.59 Å². The maximum absolute atomic E-state index is 12.6. The Morgan fingerprint density at radius 3 is 2.59 bits per heavy atom. The van der Waals surface area contributed by atoms with Gasteiger partial charge < -0.3 is 15.5 Å². The fourth-order valence-electron chi connectivity index (χ4n) is 4.16. The number of nitrogens with zero attached hydrogens (tertiary/aromatic N) is 2. The first-order valence-corrected chi connectivity index (χ1v) is 11.2. The highest BCUT2D eigenvalue weighted by molar-refractivity contribution is 6.31. The molecule has 2 heterocycles. The number of aromatic nitrogens is 1. The van der Waals surface area contributed by atoms with Crippen LogP contribution in [0.1, 0.15) is 30.9 Å². The number of halogens is 1. The number of anilines is 2. The minimum absolute atomic E-state index is 0.00416. The molecular weight excluding hydrogens is 424 g/mol. The lowest BCUT2D eigenvalue weighted by Gasteiger charge is -2.32. The summed E-state index contributed by atoms with van der Waals surface area (Å²) < 4.78 is 0. The quantitative estimate of drug-likeness (QED) is 0.591. The van der Waals surface area contributed by atoms with Crippen LogP contribution in [0.3, 0.4) is 0 Å². The molecule has 0 unspecified atom stereocenters. The van der Waals surface area contributed by atoms with E-state index in [1.165, 1.54) is 6.92 Å². The number of nitrogens with one attached hydrogen (secondary N) is 2. The van der Waals surface area contributed by atoms with Gasteiger partial charge >= 0.3 is 0 Å². The van der Waals surface area contributed by atoms with Gasteiger partial charge in [0.15, 0.2) is 0 Å². The standard InChI is InChI=1S/C25H27ClN4O2/c1-16-13-24(29-23-8-7-20(14-21(16)23)28-17(2)31)30-11-9-18(10-12-30)25(32)27-15-19-5-3-4-6-22(19)26/h3-8,13-14,18H,9-12,15H2,1-2H3,(H,27,32)(H,28,31). The number of pyridine rings is 1. The van der Waals surface area contributed by atoms with Gasteiger partial charge in [-0.25, -0.2) is 4.98 Å². The largest absolute Gasteiger partial charge is 0.357 e. The first-order valence-electron chi connectivity index (χ1n) is 10.9. The molecule has 6 nitrogen and oxygen atoms in total. The van der Waals surface area contributed by atoms with Crippen LogP contribution in [0.25, 0.3) is 10.9 Å². The van der Waals surface area contributed by atoms with Gasteiger partial charge in [0.25, 0.3) is 0 Å². The summed E-state index contributed by atoms with van der Waals surface area (Å²) in [6, 6.07) is 15.4. The summed E-state index contributed by atoms with van der Waals surface area (Å²) in [5.41, 5.74) is 3.70. The molecule has 2 aromatic carbocycles. The smallest absolute Gasteiger partial charge is 0.223 e. The van der Waals surface area contributed by atoms with Crippen LogP contribution in [0.5, 0.6) is 0 Å². The second-order valence-corrected chi connectivity index (χ2v) is 8.69. The van der Waals surface area contributed by atoms with E-state index >= 15 is 0 Å². The average Bonchev–Trinajstić information content (AvgIpc) is 2.78. The van der Waals surface area contributed by atoms with Crippen molar-refractivity contribution in [2.24, 2.45) is 5.92 Å². The highest BCUT2D eigenvalue weighted by atomic mass is 35.5. The van der Waals surface area contributed by atoms with E-state index in [0.717, 1.165) is 59.5 Å². The van der Waals surface area contributed by atoms with E-state index in [9.17, 15) is 9.59 Å². The van der Waals surface area contributed by atoms with Gasteiger partial charge in [-0.05, 0) is 61.2 Å². The van der Waals surface area contributed by atoms with Crippen molar-refractivity contribution >= 4 is 45.8 Å². The topological polar surface area (TPSA) is 74.3 Å². The van der Waals surface area contributed by atoms with Gasteiger partial charge in [-0.15, -0.1) is 0 Å². The first kappa shape index (κ1) is 22.1. The summed E-state index contributed by atoms with van der Waals surface area (Å²) in [4.78, 5) is 31.1.